The summed E-state index contributed by atoms with van der Waals surface area (Å²) >= 11 is 0. The molecule has 1 fully saturated rings. The van der Waals surface area contributed by atoms with Gasteiger partial charge in [0.25, 0.3) is 0 Å². The third-order valence-electron chi connectivity index (χ3n) is 10.9. The van der Waals surface area contributed by atoms with Crippen molar-refractivity contribution in [2.45, 2.75) is 206 Å². The standard InChI is InChI=1S/C45H80N4O8/c1-5-7-9-11-13-15-17-19-21-26-30-46-44(54)49(31-27-22-20-18-16-14-12-10-8-6-2)43-39(41(52)40(51)38(33-50)57-43)48-42(53)37(32-35(3)4)47-45(55)56-34-36-28-24-23-25-29-36/h23-25,28-29,35,37-41,43,50-52H,5-22,26-27,30-34H2,1-4H3,(H,46,54)(H,47,55)(H,48,53)/t37-,38+,39+,40+,41+,43+/m0/s1. The number of hydrogen-bond donors (Lipinski definition) is 6. The minimum atomic E-state index is -1.57. The maximum atomic E-state index is 14.0. The summed E-state index contributed by atoms with van der Waals surface area (Å²) in [6, 6.07) is 6.52. The van der Waals surface area contributed by atoms with E-state index in [2.05, 4.69) is 29.8 Å². The molecule has 6 atom stereocenters. The number of unbranched alkanes of at least 4 members (excludes halogenated alkanes) is 18. The number of carbonyl (C=O) groups excluding carboxylic acids is 3. The predicted molar refractivity (Wildman–Crippen MR) is 226 cm³/mol. The Bertz CT molecular complexity index is 1190. The van der Waals surface area contributed by atoms with Gasteiger partial charge in [0.1, 0.15) is 37.0 Å². The van der Waals surface area contributed by atoms with E-state index >= 15 is 0 Å². The van der Waals surface area contributed by atoms with E-state index in [1.807, 2.05) is 44.2 Å². The Hall–Kier alpha value is -2.93. The van der Waals surface area contributed by atoms with Crippen LogP contribution < -0.4 is 16.0 Å². The molecule has 0 bridgehead atoms. The van der Waals surface area contributed by atoms with Crippen molar-refractivity contribution in [3.05, 3.63) is 35.9 Å². The molecule has 0 spiro atoms. The number of carbonyl (C=O) groups is 3. The highest BCUT2D eigenvalue weighted by atomic mass is 16.6. The summed E-state index contributed by atoms with van der Waals surface area (Å²) in [7, 11) is 0. The molecule has 1 saturated heterocycles. The molecule has 4 amide bonds. The zero-order valence-electron chi connectivity index (χ0n) is 35.9. The lowest BCUT2D eigenvalue weighted by molar-refractivity contribution is -0.224. The van der Waals surface area contributed by atoms with Crippen molar-refractivity contribution >= 4 is 18.0 Å². The molecule has 0 saturated carbocycles. The lowest BCUT2D eigenvalue weighted by Crippen LogP contribution is -2.70. The number of amides is 4. The van der Waals surface area contributed by atoms with E-state index in [1.54, 1.807) is 0 Å². The van der Waals surface area contributed by atoms with Gasteiger partial charge in [-0.3, -0.25) is 9.69 Å². The first-order valence-electron chi connectivity index (χ1n) is 22.6. The summed E-state index contributed by atoms with van der Waals surface area (Å²) in [5, 5.41) is 41.0. The highest BCUT2D eigenvalue weighted by Crippen LogP contribution is 2.25. The quantitative estimate of drug-likeness (QED) is 0.0409. The van der Waals surface area contributed by atoms with Gasteiger partial charge in [0.15, 0.2) is 6.23 Å². The molecule has 328 valence electrons. The minimum absolute atomic E-state index is 0.00673. The van der Waals surface area contributed by atoms with Crippen LogP contribution in [0, 0.1) is 5.92 Å². The molecule has 0 radical (unpaired) electrons. The zero-order valence-corrected chi connectivity index (χ0v) is 35.9. The molecule has 1 aliphatic rings. The third kappa shape index (κ3) is 21.1. The first-order chi connectivity index (χ1) is 27.6. The van der Waals surface area contributed by atoms with Crippen LogP contribution in [0.15, 0.2) is 30.3 Å². The van der Waals surface area contributed by atoms with E-state index < -0.39 is 61.3 Å². The van der Waals surface area contributed by atoms with E-state index in [-0.39, 0.29) is 25.5 Å². The zero-order chi connectivity index (χ0) is 41.7. The summed E-state index contributed by atoms with van der Waals surface area (Å²) in [6.45, 7) is 8.47. The number of ether oxygens (including phenoxy) is 2. The normalized spacial score (nSPS) is 19.9. The summed E-state index contributed by atoms with van der Waals surface area (Å²) < 4.78 is 11.6. The van der Waals surface area contributed by atoms with E-state index in [0.717, 1.165) is 44.1 Å². The van der Waals surface area contributed by atoms with Crippen LogP contribution in [0.25, 0.3) is 0 Å². The third-order valence-corrected chi connectivity index (χ3v) is 10.9. The maximum absolute atomic E-state index is 14.0. The van der Waals surface area contributed by atoms with Gasteiger partial charge in [-0.25, -0.2) is 9.59 Å². The first kappa shape index (κ1) is 50.2. The van der Waals surface area contributed by atoms with Gasteiger partial charge in [-0.15, -0.1) is 0 Å². The van der Waals surface area contributed by atoms with E-state index in [1.165, 1.54) is 88.4 Å². The SMILES string of the molecule is CCCCCCCCCCCCNC(=O)N(CCCCCCCCCCCC)[C@@H]1O[C@H](CO)[C@@H](O)[C@H](O)[C@H]1NC(=O)[C@H](CC(C)C)NC(=O)OCc1ccccc1. The molecule has 12 heteroatoms. The van der Waals surface area contributed by atoms with Gasteiger partial charge in [0.05, 0.1) is 6.61 Å². The van der Waals surface area contributed by atoms with E-state index in [0.29, 0.717) is 13.0 Å². The van der Waals surface area contributed by atoms with Gasteiger partial charge in [0, 0.05) is 13.1 Å². The van der Waals surface area contributed by atoms with Crippen molar-refractivity contribution in [2.75, 3.05) is 19.7 Å². The van der Waals surface area contributed by atoms with Gasteiger partial charge in [-0.2, -0.15) is 0 Å². The second kappa shape index (κ2) is 31.1. The molecule has 1 aromatic carbocycles. The average molecular weight is 805 g/mol. The molecule has 6 N–H and O–H groups in total. The lowest BCUT2D eigenvalue weighted by Gasteiger charge is -2.47. The Balaban J connectivity index is 2.14. The number of hydrogen-bond acceptors (Lipinski definition) is 8. The predicted octanol–water partition coefficient (Wildman–Crippen LogP) is 8.10. The Morgan fingerprint density at radius 1 is 0.754 bits per heavy atom. The van der Waals surface area contributed by atoms with Crippen molar-refractivity contribution in [2.24, 2.45) is 5.92 Å². The van der Waals surface area contributed by atoms with E-state index in [4.69, 9.17) is 9.47 Å². The Morgan fingerprint density at radius 2 is 1.28 bits per heavy atom. The molecule has 1 heterocycles. The van der Waals surface area contributed by atoms with Crippen molar-refractivity contribution in [3.63, 3.8) is 0 Å². The summed E-state index contributed by atoms with van der Waals surface area (Å²) in [4.78, 5) is 42.2. The van der Waals surface area contributed by atoms with Gasteiger partial charge in [-0.1, -0.05) is 174 Å². The molecule has 2 rings (SSSR count). The highest BCUT2D eigenvalue weighted by molar-refractivity contribution is 5.86. The van der Waals surface area contributed by atoms with Crippen LogP contribution >= 0.6 is 0 Å². The molecule has 0 unspecified atom stereocenters. The van der Waals surface area contributed by atoms with Crippen molar-refractivity contribution in [3.8, 4) is 0 Å². The second-order valence-corrected chi connectivity index (χ2v) is 16.4. The molecule has 0 aromatic heterocycles. The van der Waals surface area contributed by atoms with Crippen LogP contribution in [0.5, 0.6) is 0 Å². The molecular formula is C45H80N4O8. The Morgan fingerprint density at radius 3 is 1.81 bits per heavy atom. The van der Waals surface area contributed by atoms with Gasteiger partial charge >= 0.3 is 12.1 Å². The van der Waals surface area contributed by atoms with Gasteiger partial charge in [-0.05, 0) is 30.7 Å². The van der Waals surface area contributed by atoms with Crippen LogP contribution in [0.1, 0.15) is 168 Å². The van der Waals surface area contributed by atoms with Crippen LogP contribution in [0.4, 0.5) is 9.59 Å². The van der Waals surface area contributed by atoms with Crippen molar-refractivity contribution in [1.82, 2.24) is 20.9 Å². The lowest BCUT2D eigenvalue weighted by atomic mass is 9.94. The van der Waals surface area contributed by atoms with Crippen LogP contribution in [-0.4, -0.2) is 94.6 Å². The number of benzene rings is 1. The molecular weight excluding hydrogens is 725 g/mol. The fraction of sp³-hybridized carbons (Fsp3) is 0.800. The Labute approximate surface area is 344 Å². The average Bonchev–Trinajstić information content (AvgIpc) is 3.20. The number of rotatable bonds is 31. The number of alkyl carbamates (subject to hydrolysis) is 1. The summed E-state index contributed by atoms with van der Waals surface area (Å²) in [5.74, 6) is -0.607. The number of nitrogens with one attached hydrogen (secondary N) is 3. The molecule has 1 aromatic rings. The molecule has 0 aliphatic carbocycles. The van der Waals surface area contributed by atoms with Crippen LogP contribution in [0.2, 0.25) is 0 Å². The maximum Gasteiger partial charge on any atom is 0.408 e. The van der Waals surface area contributed by atoms with Crippen molar-refractivity contribution in [1.29, 1.82) is 0 Å². The topological polar surface area (TPSA) is 170 Å². The number of aliphatic hydroxyl groups is 3. The smallest absolute Gasteiger partial charge is 0.408 e. The van der Waals surface area contributed by atoms with Crippen molar-refractivity contribution < 1.29 is 39.2 Å². The molecule has 1 aliphatic heterocycles. The van der Waals surface area contributed by atoms with E-state index in [9.17, 15) is 29.7 Å². The fourth-order valence-corrected chi connectivity index (χ4v) is 7.42. The minimum Gasteiger partial charge on any atom is -0.445 e. The molecule has 12 nitrogen and oxygen atoms in total. The monoisotopic (exact) mass is 805 g/mol. The second-order valence-electron chi connectivity index (χ2n) is 16.4. The number of aliphatic hydroxyl groups excluding tert-OH is 3. The Kier molecular flexibility index (Phi) is 27.4. The largest absolute Gasteiger partial charge is 0.445 e. The highest BCUT2D eigenvalue weighted by Gasteiger charge is 2.48. The number of urea groups is 1. The first-order valence-corrected chi connectivity index (χ1v) is 22.6. The number of nitrogens with zero attached hydrogens (tertiary/aromatic N) is 1. The molecule has 57 heavy (non-hydrogen) atoms. The summed E-state index contributed by atoms with van der Waals surface area (Å²) in [6.07, 6.45) is 17.0. The van der Waals surface area contributed by atoms with Gasteiger partial charge < -0.3 is 40.7 Å². The fourth-order valence-electron chi connectivity index (χ4n) is 7.42. The summed E-state index contributed by atoms with van der Waals surface area (Å²) in [5.41, 5.74) is 0.796. The van der Waals surface area contributed by atoms with Crippen LogP contribution in [-0.2, 0) is 20.9 Å². The van der Waals surface area contributed by atoms with Crippen LogP contribution in [0.3, 0.4) is 0 Å². The van der Waals surface area contributed by atoms with Gasteiger partial charge in [0.2, 0.25) is 5.91 Å².